The van der Waals surface area contributed by atoms with E-state index in [2.05, 4.69) is 5.32 Å². The van der Waals surface area contributed by atoms with E-state index in [0.717, 1.165) is 11.1 Å². The van der Waals surface area contributed by atoms with E-state index in [0.29, 0.717) is 44.0 Å². The summed E-state index contributed by atoms with van der Waals surface area (Å²) in [6, 6.07) is 14.2. The molecule has 0 atom stereocenters. The molecular weight excluding hydrogens is 366 g/mol. The molecule has 3 rings (SSSR count). The predicted molar refractivity (Wildman–Crippen MR) is 103 cm³/mol. The molecule has 0 spiro atoms. The van der Waals surface area contributed by atoms with Crippen molar-refractivity contribution in [3.05, 3.63) is 70.2 Å². The highest BCUT2D eigenvalue weighted by Gasteiger charge is 2.42. The Morgan fingerprint density at radius 3 is 2.56 bits per heavy atom. The molecule has 1 saturated heterocycles. The van der Waals surface area contributed by atoms with Crippen LogP contribution in [-0.4, -0.2) is 36.7 Å². The number of amides is 1. The maximum Gasteiger partial charge on any atom is 0.335 e. The van der Waals surface area contributed by atoms with E-state index in [1.165, 1.54) is 0 Å². The fraction of sp³-hybridized carbons (Fsp3) is 0.333. The van der Waals surface area contributed by atoms with Gasteiger partial charge in [-0.25, -0.2) is 4.79 Å². The van der Waals surface area contributed by atoms with Gasteiger partial charge in [-0.3, -0.25) is 4.79 Å². The highest BCUT2D eigenvalue weighted by Crippen LogP contribution is 2.38. The first-order valence-electron chi connectivity index (χ1n) is 8.96. The van der Waals surface area contributed by atoms with E-state index in [-0.39, 0.29) is 11.5 Å². The van der Waals surface area contributed by atoms with Crippen LogP contribution >= 0.6 is 11.6 Å². The highest BCUT2D eigenvalue weighted by molar-refractivity contribution is 6.31. The average Bonchev–Trinajstić information content (AvgIpc) is 2.69. The largest absolute Gasteiger partial charge is 0.478 e. The summed E-state index contributed by atoms with van der Waals surface area (Å²) >= 11 is 6.39. The van der Waals surface area contributed by atoms with Gasteiger partial charge in [0.2, 0.25) is 5.91 Å². The molecule has 2 aromatic rings. The molecule has 1 heterocycles. The second-order valence-corrected chi connectivity index (χ2v) is 7.09. The number of halogens is 1. The van der Waals surface area contributed by atoms with Crippen LogP contribution in [0.1, 0.15) is 34.3 Å². The minimum absolute atomic E-state index is 0.0618. The number of carboxylic acid groups (broad SMARTS) is 1. The van der Waals surface area contributed by atoms with Crippen molar-refractivity contribution in [1.82, 2.24) is 5.32 Å². The van der Waals surface area contributed by atoms with Crippen LogP contribution in [0.25, 0.3) is 0 Å². The lowest BCUT2D eigenvalue weighted by molar-refractivity contribution is -0.130. The summed E-state index contributed by atoms with van der Waals surface area (Å²) in [7, 11) is 0. The Kier molecular flexibility index (Phi) is 6.14. The molecule has 5 nitrogen and oxygen atoms in total. The van der Waals surface area contributed by atoms with Gasteiger partial charge in [-0.15, -0.1) is 0 Å². The van der Waals surface area contributed by atoms with Crippen LogP contribution in [0.15, 0.2) is 48.5 Å². The molecule has 0 aliphatic carbocycles. The molecule has 2 aromatic carbocycles. The van der Waals surface area contributed by atoms with Crippen molar-refractivity contribution in [2.75, 3.05) is 19.8 Å². The van der Waals surface area contributed by atoms with Gasteiger partial charge in [0.05, 0.1) is 11.0 Å². The maximum absolute atomic E-state index is 13.1. The summed E-state index contributed by atoms with van der Waals surface area (Å²) in [6.07, 6.45) is 1.72. The standard InChI is InChI=1S/C21H22ClNO4/c22-18-7-2-1-6-17(18)21(9-12-27-13-10-21)20(26)23-11-8-15-4-3-5-16(14-15)19(24)25/h1-7,14H,8-13H2,(H,23,26)(H,24,25). The number of hydrogen-bond acceptors (Lipinski definition) is 3. The third-order valence-corrected chi connectivity index (χ3v) is 5.37. The molecule has 0 bridgehead atoms. The second-order valence-electron chi connectivity index (χ2n) is 6.69. The quantitative estimate of drug-likeness (QED) is 0.796. The molecule has 142 valence electrons. The first-order chi connectivity index (χ1) is 13.0. The first kappa shape index (κ1) is 19.4. The third-order valence-electron chi connectivity index (χ3n) is 5.04. The normalized spacial score (nSPS) is 15.9. The van der Waals surface area contributed by atoms with Gasteiger partial charge in [-0.1, -0.05) is 41.9 Å². The Balaban J connectivity index is 1.71. The molecule has 0 aromatic heterocycles. The zero-order valence-electron chi connectivity index (χ0n) is 14.9. The molecule has 0 radical (unpaired) electrons. The Morgan fingerprint density at radius 2 is 1.85 bits per heavy atom. The van der Waals surface area contributed by atoms with Crippen LogP contribution < -0.4 is 5.32 Å². The minimum Gasteiger partial charge on any atom is -0.478 e. The van der Waals surface area contributed by atoms with Crippen molar-refractivity contribution < 1.29 is 19.4 Å². The lowest BCUT2D eigenvalue weighted by atomic mass is 9.73. The third kappa shape index (κ3) is 4.31. The zero-order valence-corrected chi connectivity index (χ0v) is 15.7. The van der Waals surface area contributed by atoms with E-state index >= 15 is 0 Å². The van der Waals surface area contributed by atoms with Gasteiger partial charge in [0.1, 0.15) is 0 Å². The molecular formula is C21H22ClNO4. The van der Waals surface area contributed by atoms with Gasteiger partial charge in [0.25, 0.3) is 0 Å². The summed E-state index contributed by atoms with van der Waals surface area (Å²) in [5.41, 5.74) is 1.25. The van der Waals surface area contributed by atoms with Crippen molar-refractivity contribution in [1.29, 1.82) is 0 Å². The molecule has 1 amide bonds. The predicted octanol–water partition coefficient (Wildman–Crippen LogP) is 3.45. The second kappa shape index (κ2) is 8.55. The Morgan fingerprint density at radius 1 is 1.11 bits per heavy atom. The highest BCUT2D eigenvalue weighted by atomic mass is 35.5. The van der Waals surface area contributed by atoms with Crippen molar-refractivity contribution in [3.8, 4) is 0 Å². The van der Waals surface area contributed by atoms with E-state index in [4.69, 9.17) is 21.4 Å². The summed E-state index contributed by atoms with van der Waals surface area (Å²) < 4.78 is 5.47. The summed E-state index contributed by atoms with van der Waals surface area (Å²) in [4.78, 5) is 24.2. The number of hydrogen-bond donors (Lipinski definition) is 2. The molecule has 6 heteroatoms. The number of carboxylic acids is 1. The summed E-state index contributed by atoms with van der Waals surface area (Å²) in [5.74, 6) is -1.02. The van der Waals surface area contributed by atoms with Crippen molar-refractivity contribution in [2.45, 2.75) is 24.7 Å². The van der Waals surface area contributed by atoms with Crippen molar-refractivity contribution >= 4 is 23.5 Å². The average molecular weight is 388 g/mol. The van der Waals surface area contributed by atoms with Gasteiger partial charge in [-0.2, -0.15) is 0 Å². The van der Waals surface area contributed by atoms with Gasteiger partial charge in [0.15, 0.2) is 0 Å². The molecule has 1 fully saturated rings. The van der Waals surface area contributed by atoms with Crippen molar-refractivity contribution in [3.63, 3.8) is 0 Å². The number of carbonyl (C=O) groups excluding carboxylic acids is 1. The molecule has 0 saturated carbocycles. The fourth-order valence-corrected chi connectivity index (χ4v) is 3.85. The zero-order chi connectivity index (χ0) is 19.3. The fourth-order valence-electron chi connectivity index (χ4n) is 3.54. The van der Waals surface area contributed by atoms with E-state index < -0.39 is 11.4 Å². The Labute approximate surface area is 163 Å². The smallest absolute Gasteiger partial charge is 0.335 e. The molecule has 1 aliphatic heterocycles. The number of aromatic carboxylic acids is 1. The number of ether oxygens (including phenoxy) is 1. The van der Waals surface area contributed by atoms with Gasteiger partial charge in [-0.05, 0) is 48.6 Å². The summed E-state index contributed by atoms with van der Waals surface area (Å²) in [6.45, 7) is 1.45. The van der Waals surface area contributed by atoms with E-state index in [9.17, 15) is 9.59 Å². The van der Waals surface area contributed by atoms with Crippen LogP contribution in [-0.2, 0) is 21.4 Å². The molecule has 0 unspecified atom stereocenters. The van der Waals surface area contributed by atoms with Crippen LogP contribution in [0.5, 0.6) is 0 Å². The Hall–Kier alpha value is -2.37. The van der Waals surface area contributed by atoms with E-state index in [1.54, 1.807) is 24.3 Å². The molecule has 1 aliphatic rings. The van der Waals surface area contributed by atoms with Crippen LogP contribution in [0, 0.1) is 0 Å². The van der Waals surface area contributed by atoms with Crippen LogP contribution in [0.3, 0.4) is 0 Å². The SMILES string of the molecule is O=C(O)c1cccc(CCNC(=O)C2(c3ccccc3Cl)CCOCC2)c1. The van der Waals surface area contributed by atoms with Gasteiger partial charge in [0, 0.05) is 24.8 Å². The number of benzene rings is 2. The summed E-state index contributed by atoms with van der Waals surface area (Å²) in [5, 5.41) is 12.7. The monoisotopic (exact) mass is 387 g/mol. The first-order valence-corrected chi connectivity index (χ1v) is 9.34. The number of nitrogens with one attached hydrogen (secondary N) is 1. The van der Waals surface area contributed by atoms with Crippen molar-refractivity contribution in [2.24, 2.45) is 0 Å². The minimum atomic E-state index is -0.958. The van der Waals surface area contributed by atoms with Gasteiger partial charge >= 0.3 is 5.97 Å². The lowest BCUT2D eigenvalue weighted by Gasteiger charge is -2.36. The lowest BCUT2D eigenvalue weighted by Crippen LogP contribution is -2.48. The maximum atomic E-state index is 13.1. The van der Waals surface area contributed by atoms with Crippen LogP contribution in [0.4, 0.5) is 0 Å². The molecule has 27 heavy (non-hydrogen) atoms. The number of carbonyl (C=O) groups is 2. The molecule has 2 N–H and O–H groups in total. The Bertz CT molecular complexity index is 830. The van der Waals surface area contributed by atoms with Gasteiger partial charge < -0.3 is 15.2 Å². The van der Waals surface area contributed by atoms with Crippen LogP contribution in [0.2, 0.25) is 5.02 Å². The van der Waals surface area contributed by atoms with E-state index in [1.807, 2.05) is 24.3 Å². The number of rotatable bonds is 6. The topological polar surface area (TPSA) is 75.6 Å².